The fraction of sp³-hybridized carbons (Fsp3) is 0.0909. The zero-order chi connectivity index (χ0) is 10.8. The summed E-state index contributed by atoms with van der Waals surface area (Å²) in [6.07, 6.45) is 0. The van der Waals surface area contributed by atoms with E-state index in [0.717, 1.165) is 10.6 Å². The maximum atomic E-state index is 8.72. The Morgan fingerprint density at radius 2 is 2.20 bits per heavy atom. The summed E-state index contributed by atoms with van der Waals surface area (Å²) in [5.74, 6) is 0. The Hall–Kier alpha value is -1.37. The summed E-state index contributed by atoms with van der Waals surface area (Å²) in [4.78, 5) is 5.30. The minimum absolute atomic E-state index is 0.266. The Balaban J connectivity index is 2.53. The van der Waals surface area contributed by atoms with E-state index in [0.29, 0.717) is 5.56 Å². The maximum absolute atomic E-state index is 8.72. The van der Waals surface area contributed by atoms with Gasteiger partial charge in [0.25, 0.3) is 0 Å². The zero-order valence-electron chi connectivity index (χ0n) is 7.99. The molecule has 0 spiro atoms. The largest absolute Gasteiger partial charge is 0.234 e. The van der Waals surface area contributed by atoms with E-state index in [4.69, 9.17) is 16.9 Å². The van der Waals surface area contributed by atoms with Crippen molar-refractivity contribution >= 4 is 22.9 Å². The van der Waals surface area contributed by atoms with Crippen molar-refractivity contribution in [2.24, 2.45) is 0 Å². The van der Waals surface area contributed by atoms with Crippen LogP contribution < -0.4 is 0 Å². The highest BCUT2D eigenvalue weighted by molar-refractivity contribution is 7.13. The Morgan fingerprint density at radius 3 is 2.73 bits per heavy atom. The number of nitrogens with zero attached hydrogens (tertiary/aromatic N) is 2. The first-order valence-electron chi connectivity index (χ1n) is 4.33. The molecule has 15 heavy (non-hydrogen) atoms. The van der Waals surface area contributed by atoms with Crippen LogP contribution in [0.15, 0.2) is 23.6 Å². The summed E-state index contributed by atoms with van der Waals surface area (Å²) in [6, 6.07) is 7.55. The number of thiophene rings is 1. The number of aryl methyl sites for hydroxylation is 1. The molecule has 0 aliphatic rings. The van der Waals surface area contributed by atoms with Crippen molar-refractivity contribution in [1.29, 1.82) is 5.26 Å². The van der Waals surface area contributed by atoms with Gasteiger partial charge < -0.3 is 0 Å². The van der Waals surface area contributed by atoms with Crippen LogP contribution >= 0.6 is 22.9 Å². The highest BCUT2D eigenvalue weighted by atomic mass is 35.5. The van der Waals surface area contributed by atoms with Crippen molar-refractivity contribution in [2.45, 2.75) is 6.92 Å². The fourth-order valence-electron chi connectivity index (χ4n) is 1.28. The van der Waals surface area contributed by atoms with Crippen molar-refractivity contribution in [3.05, 3.63) is 39.9 Å². The Labute approximate surface area is 96.8 Å². The van der Waals surface area contributed by atoms with Gasteiger partial charge in [-0.05, 0) is 36.1 Å². The lowest BCUT2D eigenvalue weighted by Crippen LogP contribution is -1.86. The van der Waals surface area contributed by atoms with Crippen molar-refractivity contribution in [2.75, 3.05) is 0 Å². The molecule has 2 aromatic rings. The van der Waals surface area contributed by atoms with Crippen molar-refractivity contribution in [3.8, 4) is 16.6 Å². The first kappa shape index (κ1) is 10.2. The van der Waals surface area contributed by atoms with E-state index < -0.39 is 0 Å². The first-order valence-corrected chi connectivity index (χ1v) is 5.59. The van der Waals surface area contributed by atoms with Crippen LogP contribution in [-0.2, 0) is 0 Å². The minimum atomic E-state index is 0.266. The molecular weight excluding hydrogens is 228 g/mol. The van der Waals surface area contributed by atoms with Crippen molar-refractivity contribution in [1.82, 2.24) is 4.98 Å². The van der Waals surface area contributed by atoms with Gasteiger partial charge in [0.2, 0.25) is 0 Å². The van der Waals surface area contributed by atoms with E-state index >= 15 is 0 Å². The van der Waals surface area contributed by atoms with Crippen LogP contribution in [-0.4, -0.2) is 4.98 Å². The van der Waals surface area contributed by atoms with Gasteiger partial charge in [0.05, 0.1) is 16.1 Å². The second kappa shape index (κ2) is 4.01. The number of aromatic nitrogens is 1. The second-order valence-electron chi connectivity index (χ2n) is 3.08. The molecule has 0 atom stereocenters. The van der Waals surface area contributed by atoms with Crippen LogP contribution in [0.3, 0.4) is 0 Å². The van der Waals surface area contributed by atoms with Crippen LogP contribution in [0.2, 0.25) is 5.15 Å². The summed E-state index contributed by atoms with van der Waals surface area (Å²) in [5, 5.41) is 11.0. The lowest BCUT2D eigenvalue weighted by atomic mass is 10.2. The monoisotopic (exact) mass is 234 g/mol. The number of halogens is 1. The summed E-state index contributed by atoms with van der Waals surface area (Å²) in [5.41, 5.74) is 2.41. The quantitative estimate of drug-likeness (QED) is 0.707. The molecule has 0 unspecified atom stereocenters. The summed E-state index contributed by atoms with van der Waals surface area (Å²) in [6.45, 7) is 2.03. The van der Waals surface area contributed by atoms with E-state index in [2.05, 4.69) is 4.98 Å². The normalized spacial score (nSPS) is 9.93. The van der Waals surface area contributed by atoms with Crippen molar-refractivity contribution in [3.63, 3.8) is 0 Å². The van der Waals surface area contributed by atoms with Gasteiger partial charge in [0.1, 0.15) is 11.2 Å². The van der Waals surface area contributed by atoms with E-state index in [1.54, 1.807) is 17.4 Å². The SMILES string of the molecule is Cc1ccsc1-c1ccc(C#N)c(Cl)n1. The van der Waals surface area contributed by atoms with E-state index in [1.165, 1.54) is 5.56 Å². The molecule has 0 bridgehead atoms. The topological polar surface area (TPSA) is 36.7 Å². The molecule has 74 valence electrons. The van der Waals surface area contributed by atoms with Gasteiger partial charge in [-0.25, -0.2) is 4.98 Å². The third kappa shape index (κ3) is 1.87. The van der Waals surface area contributed by atoms with Gasteiger partial charge in [-0.2, -0.15) is 5.26 Å². The van der Waals surface area contributed by atoms with Gasteiger partial charge in [0.15, 0.2) is 0 Å². The number of hydrogen-bond donors (Lipinski definition) is 0. The summed E-state index contributed by atoms with van der Waals surface area (Å²) < 4.78 is 0. The molecule has 0 amide bonds. The Morgan fingerprint density at radius 1 is 1.40 bits per heavy atom. The average molecular weight is 235 g/mol. The molecule has 0 fully saturated rings. The molecule has 0 aromatic carbocycles. The highest BCUT2D eigenvalue weighted by Gasteiger charge is 2.07. The summed E-state index contributed by atoms with van der Waals surface area (Å²) >= 11 is 7.49. The molecule has 0 aliphatic heterocycles. The predicted octanol–water partition coefficient (Wildman–Crippen LogP) is 3.64. The van der Waals surface area contributed by atoms with Crippen LogP contribution in [0.4, 0.5) is 0 Å². The fourth-order valence-corrected chi connectivity index (χ4v) is 2.37. The van der Waals surface area contributed by atoms with E-state index in [9.17, 15) is 0 Å². The molecule has 4 heteroatoms. The third-order valence-electron chi connectivity index (χ3n) is 2.06. The van der Waals surface area contributed by atoms with Crippen molar-refractivity contribution < 1.29 is 0 Å². The van der Waals surface area contributed by atoms with Crippen LogP contribution in [0.5, 0.6) is 0 Å². The molecule has 2 aromatic heterocycles. The Kier molecular flexibility index (Phi) is 2.72. The number of hydrogen-bond acceptors (Lipinski definition) is 3. The van der Waals surface area contributed by atoms with Crippen LogP contribution in [0.1, 0.15) is 11.1 Å². The van der Waals surface area contributed by atoms with Crippen LogP contribution in [0, 0.1) is 18.3 Å². The van der Waals surface area contributed by atoms with E-state index in [1.807, 2.05) is 30.5 Å². The standard InChI is InChI=1S/C11H7ClN2S/c1-7-4-5-15-10(7)9-3-2-8(6-13)11(12)14-9/h2-5H,1H3. The minimum Gasteiger partial charge on any atom is -0.234 e. The van der Waals surface area contributed by atoms with Gasteiger partial charge in [0, 0.05) is 0 Å². The molecule has 0 N–H and O–H groups in total. The average Bonchev–Trinajstić information content (AvgIpc) is 2.64. The molecular formula is C11H7ClN2S. The maximum Gasteiger partial charge on any atom is 0.147 e. The van der Waals surface area contributed by atoms with Gasteiger partial charge in [-0.1, -0.05) is 11.6 Å². The molecule has 0 saturated carbocycles. The number of rotatable bonds is 1. The first-order chi connectivity index (χ1) is 7.22. The van der Waals surface area contributed by atoms with E-state index in [-0.39, 0.29) is 5.15 Å². The molecule has 2 nitrogen and oxygen atoms in total. The summed E-state index contributed by atoms with van der Waals surface area (Å²) in [7, 11) is 0. The number of pyridine rings is 1. The molecule has 0 saturated heterocycles. The highest BCUT2D eigenvalue weighted by Crippen LogP contribution is 2.28. The molecule has 2 heterocycles. The number of nitriles is 1. The third-order valence-corrected chi connectivity index (χ3v) is 3.39. The predicted molar refractivity (Wildman–Crippen MR) is 62.0 cm³/mol. The lowest BCUT2D eigenvalue weighted by molar-refractivity contribution is 1.30. The van der Waals surface area contributed by atoms with Crippen LogP contribution in [0.25, 0.3) is 10.6 Å². The molecule has 2 rings (SSSR count). The van der Waals surface area contributed by atoms with Gasteiger partial charge in [-0.3, -0.25) is 0 Å². The molecule has 0 radical (unpaired) electrons. The lowest BCUT2D eigenvalue weighted by Gasteiger charge is -2.00. The smallest absolute Gasteiger partial charge is 0.147 e. The van der Waals surface area contributed by atoms with Gasteiger partial charge >= 0.3 is 0 Å². The zero-order valence-corrected chi connectivity index (χ0v) is 9.56. The molecule has 0 aliphatic carbocycles. The second-order valence-corrected chi connectivity index (χ2v) is 4.35. The Bertz CT molecular complexity index is 540. The van der Waals surface area contributed by atoms with Gasteiger partial charge in [-0.15, -0.1) is 11.3 Å².